The molecule has 0 fully saturated rings. The molecule has 0 aliphatic rings. The first kappa shape index (κ1) is 19.3. The van der Waals surface area contributed by atoms with Crippen molar-refractivity contribution in [1.82, 2.24) is 10.3 Å². The van der Waals surface area contributed by atoms with Crippen LogP contribution in [0.1, 0.15) is 5.56 Å². The Morgan fingerprint density at radius 2 is 1.73 bits per heavy atom. The van der Waals surface area contributed by atoms with Gasteiger partial charge in [-0.05, 0) is 54.1 Å². The molecule has 0 radical (unpaired) electrons. The van der Waals surface area contributed by atoms with Crippen LogP contribution in [0.2, 0.25) is 0 Å². The van der Waals surface area contributed by atoms with Crippen LogP contribution in [0.3, 0.4) is 0 Å². The predicted molar refractivity (Wildman–Crippen MR) is 115 cm³/mol. The van der Waals surface area contributed by atoms with Crippen molar-refractivity contribution in [2.24, 2.45) is 0 Å². The number of ether oxygens (including phenoxy) is 2. The Balaban J connectivity index is 1.37. The Kier molecular flexibility index (Phi) is 5.52. The second-order valence-corrected chi connectivity index (χ2v) is 6.56. The van der Waals surface area contributed by atoms with Gasteiger partial charge in [0.2, 0.25) is 5.89 Å². The van der Waals surface area contributed by atoms with Gasteiger partial charge >= 0.3 is 6.03 Å². The van der Waals surface area contributed by atoms with E-state index in [9.17, 15) is 4.79 Å². The largest absolute Gasteiger partial charge is 0.493 e. The van der Waals surface area contributed by atoms with Gasteiger partial charge < -0.3 is 24.5 Å². The molecule has 7 heteroatoms. The van der Waals surface area contributed by atoms with Crippen LogP contribution in [0.4, 0.5) is 10.5 Å². The minimum absolute atomic E-state index is 0.306. The number of anilines is 1. The fourth-order valence-corrected chi connectivity index (χ4v) is 3.04. The molecule has 2 N–H and O–H groups in total. The number of oxazole rings is 1. The summed E-state index contributed by atoms with van der Waals surface area (Å²) in [4.78, 5) is 16.7. The third kappa shape index (κ3) is 4.20. The van der Waals surface area contributed by atoms with E-state index in [1.807, 2.05) is 48.5 Å². The molecule has 2 amide bonds. The molecule has 30 heavy (non-hydrogen) atoms. The van der Waals surface area contributed by atoms with Crippen LogP contribution in [-0.2, 0) is 6.54 Å². The number of nitrogens with one attached hydrogen (secondary N) is 2. The van der Waals surface area contributed by atoms with Gasteiger partial charge in [-0.15, -0.1) is 0 Å². The lowest BCUT2D eigenvalue weighted by atomic mass is 10.2. The molecular formula is C23H21N3O4. The molecule has 0 atom stereocenters. The molecule has 3 aromatic carbocycles. The van der Waals surface area contributed by atoms with Crippen molar-refractivity contribution in [1.29, 1.82) is 0 Å². The maximum atomic E-state index is 12.2. The van der Waals surface area contributed by atoms with Crippen LogP contribution in [0.5, 0.6) is 11.5 Å². The quantitative estimate of drug-likeness (QED) is 0.481. The van der Waals surface area contributed by atoms with Crippen molar-refractivity contribution in [3.8, 4) is 23.0 Å². The van der Waals surface area contributed by atoms with Crippen molar-refractivity contribution in [3.05, 3.63) is 72.3 Å². The van der Waals surface area contributed by atoms with Crippen molar-refractivity contribution < 1.29 is 18.7 Å². The van der Waals surface area contributed by atoms with Gasteiger partial charge in [-0.25, -0.2) is 9.78 Å². The third-order valence-corrected chi connectivity index (χ3v) is 4.58. The molecule has 4 rings (SSSR count). The summed E-state index contributed by atoms with van der Waals surface area (Å²) in [6.45, 7) is 0.354. The van der Waals surface area contributed by atoms with E-state index in [0.29, 0.717) is 29.6 Å². The van der Waals surface area contributed by atoms with Gasteiger partial charge in [-0.3, -0.25) is 0 Å². The fraction of sp³-hybridized carbons (Fsp3) is 0.130. The van der Waals surface area contributed by atoms with Gasteiger partial charge in [0.05, 0.1) is 14.2 Å². The summed E-state index contributed by atoms with van der Waals surface area (Å²) >= 11 is 0. The first-order chi connectivity index (χ1) is 14.7. The van der Waals surface area contributed by atoms with Gasteiger partial charge in [-0.1, -0.05) is 18.2 Å². The zero-order valence-corrected chi connectivity index (χ0v) is 16.6. The van der Waals surface area contributed by atoms with Gasteiger partial charge in [0, 0.05) is 17.8 Å². The SMILES string of the molecule is COc1ccc(CNC(=O)Nc2ccc(-c3nc4ccccc4o3)cc2)cc1OC. The van der Waals surface area contributed by atoms with E-state index >= 15 is 0 Å². The van der Waals surface area contributed by atoms with E-state index in [1.165, 1.54) is 0 Å². The number of rotatable bonds is 6. The number of aromatic nitrogens is 1. The number of carbonyl (C=O) groups is 1. The van der Waals surface area contributed by atoms with E-state index in [-0.39, 0.29) is 6.03 Å². The Bertz CT molecular complexity index is 1140. The number of methoxy groups -OCH3 is 2. The summed E-state index contributed by atoms with van der Waals surface area (Å²) in [6, 6.07) is 20.1. The van der Waals surface area contributed by atoms with Crippen LogP contribution in [-0.4, -0.2) is 25.2 Å². The maximum absolute atomic E-state index is 12.2. The van der Waals surface area contributed by atoms with Crippen molar-refractivity contribution in [2.75, 3.05) is 19.5 Å². The monoisotopic (exact) mass is 403 g/mol. The number of amides is 2. The first-order valence-corrected chi connectivity index (χ1v) is 9.38. The summed E-state index contributed by atoms with van der Waals surface area (Å²) in [5.41, 5.74) is 3.95. The summed E-state index contributed by atoms with van der Waals surface area (Å²) in [7, 11) is 3.16. The highest BCUT2D eigenvalue weighted by molar-refractivity contribution is 5.89. The molecule has 1 aromatic heterocycles. The molecule has 1 heterocycles. The molecule has 7 nitrogen and oxygen atoms in total. The highest BCUT2D eigenvalue weighted by Crippen LogP contribution is 2.27. The molecule has 0 aliphatic carbocycles. The van der Waals surface area contributed by atoms with Gasteiger partial charge in [0.1, 0.15) is 5.52 Å². The number of nitrogens with zero attached hydrogens (tertiary/aromatic N) is 1. The number of hydrogen-bond donors (Lipinski definition) is 2. The highest BCUT2D eigenvalue weighted by Gasteiger charge is 2.09. The lowest BCUT2D eigenvalue weighted by Crippen LogP contribution is -2.28. The molecular weight excluding hydrogens is 382 g/mol. The molecule has 0 saturated carbocycles. The standard InChI is InChI=1S/C23H21N3O4/c1-28-20-12-7-15(13-21(20)29-2)14-24-23(27)25-17-10-8-16(9-11-17)22-26-18-5-3-4-6-19(18)30-22/h3-13H,14H2,1-2H3,(H2,24,25,27). The summed E-state index contributed by atoms with van der Waals surface area (Å²) < 4.78 is 16.3. The lowest BCUT2D eigenvalue weighted by Gasteiger charge is -2.11. The predicted octanol–water partition coefficient (Wildman–Crippen LogP) is 4.83. The van der Waals surface area contributed by atoms with Crippen LogP contribution < -0.4 is 20.1 Å². The number of urea groups is 1. The van der Waals surface area contributed by atoms with Gasteiger partial charge in [0.25, 0.3) is 0 Å². The highest BCUT2D eigenvalue weighted by atomic mass is 16.5. The number of benzene rings is 3. The topological polar surface area (TPSA) is 85.6 Å². The summed E-state index contributed by atoms with van der Waals surface area (Å²) in [6.07, 6.45) is 0. The van der Waals surface area contributed by atoms with Gasteiger partial charge in [0.15, 0.2) is 17.1 Å². The molecule has 0 spiro atoms. The van der Waals surface area contributed by atoms with Crippen LogP contribution >= 0.6 is 0 Å². The van der Waals surface area contributed by atoms with Crippen molar-refractivity contribution in [3.63, 3.8) is 0 Å². The molecule has 152 valence electrons. The fourth-order valence-electron chi connectivity index (χ4n) is 3.04. The molecule has 0 aliphatic heterocycles. The summed E-state index contributed by atoms with van der Waals surface area (Å²) in [5, 5.41) is 5.63. The minimum Gasteiger partial charge on any atom is -0.493 e. The molecule has 0 unspecified atom stereocenters. The molecule has 4 aromatic rings. The van der Waals surface area contributed by atoms with Crippen LogP contribution in [0, 0.1) is 0 Å². The number of hydrogen-bond acceptors (Lipinski definition) is 5. The van der Waals surface area contributed by atoms with E-state index < -0.39 is 0 Å². The smallest absolute Gasteiger partial charge is 0.319 e. The number of para-hydroxylation sites is 2. The van der Waals surface area contributed by atoms with E-state index in [1.54, 1.807) is 32.4 Å². The first-order valence-electron chi connectivity index (χ1n) is 9.38. The average Bonchev–Trinajstić information content (AvgIpc) is 3.22. The average molecular weight is 403 g/mol. The van der Waals surface area contributed by atoms with Crippen LogP contribution in [0.25, 0.3) is 22.6 Å². The zero-order chi connectivity index (χ0) is 20.9. The minimum atomic E-state index is -0.306. The van der Waals surface area contributed by atoms with E-state index in [4.69, 9.17) is 13.9 Å². The van der Waals surface area contributed by atoms with E-state index in [0.717, 1.165) is 22.2 Å². The van der Waals surface area contributed by atoms with Crippen LogP contribution in [0.15, 0.2) is 71.1 Å². The zero-order valence-electron chi connectivity index (χ0n) is 16.6. The van der Waals surface area contributed by atoms with Crippen molar-refractivity contribution in [2.45, 2.75) is 6.54 Å². The summed E-state index contributed by atoms with van der Waals surface area (Å²) in [5.74, 6) is 1.80. The third-order valence-electron chi connectivity index (χ3n) is 4.58. The maximum Gasteiger partial charge on any atom is 0.319 e. The van der Waals surface area contributed by atoms with Crippen molar-refractivity contribution >= 4 is 22.8 Å². The van der Waals surface area contributed by atoms with Gasteiger partial charge in [-0.2, -0.15) is 0 Å². The Morgan fingerprint density at radius 3 is 2.47 bits per heavy atom. The Labute approximate surface area is 173 Å². The second-order valence-electron chi connectivity index (χ2n) is 6.56. The number of carbonyl (C=O) groups excluding carboxylic acids is 1. The Morgan fingerprint density at radius 1 is 0.967 bits per heavy atom. The van der Waals surface area contributed by atoms with E-state index in [2.05, 4.69) is 15.6 Å². The lowest BCUT2D eigenvalue weighted by molar-refractivity contribution is 0.251. The second kappa shape index (κ2) is 8.57. The number of fused-ring (bicyclic) bond motifs is 1. The normalized spacial score (nSPS) is 10.6. The molecule has 0 saturated heterocycles. The molecule has 0 bridgehead atoms. The Hall–Kier alpha value is -4.00.